The Morgan fingerprint density at radius 1 is 1.21 bits per heavy atom. The van der Waals surface area contributed by atoms with Gasteiger partial charge in [-0.3, -0.25) is 9.69 Å². The fourth-order valence-electron chi connectivity index (χ4n) is 2.29. The first-order valence-corrected chi connectivity index (χ1v) is 6.81. The van der Waals surface area contributed by atoms with E-state index in [1.165, 1.54) is 0 Å². The number of rotatable bonds is 8. The Labute approximate surface area is 115 Å². The van der Waals surface area contributed by atoms with Crippen LogP contribution in [0.5, 0.6) is 5.75 Å². The molecule has 0 heterocycles. The van der Waals surface area contributed by atoms with Gasteiger partial charge in [0.15, 0.2) is 0 Å². The van der Waals surface area contributed by atoms with Crippen LogP contribution in [0.1, 0.15) is 38.3 Å². The molecule has 1 atom stereocenters. The molecule has 106 valence electrons. The molecule has 0 fully saturated rings. The Hall–Kier alpha value is -1.55. The fourth-order valence-corrected chi connectivity index (χ4v) is 2.29. The first-order valence-electron chi connectivity index (χ1n) is 6.81. The van der Waals surface area contributed by atoms with Gasteiger partial charge in [0.2, 0.25) is 5.91 Å². The number of primary amides is 1. The van der Waals surface area contributed by atoms with Crippen LogP contribution in [0.3, 0.4) is 0 Å². The molecule has 0 saturated carbocycles. The molecule has 1 unspecified atom stereocenters. The van der Waals surface area contributed by atoms with Gasteiger partial charge >= 0.3 is 0 Å². The smallest absolute Gasteiger partial charge is 0.239 e. The average Bonchev–Trinajstić information content (AvgIpc) is 2.40. The first-order chi connectivity index (χ1) is 9.13. The molecule has 4 nitrogen and oxygen atoms in total. The summed E-state index contributed by atoms with van der Waals surface area (Å²) < 4.78 is 5.14. The van der Waals surface area contributed by atoms with Crippen LogP contribution in [0, 0.1) is 0 Å². The molecule has 0 aliphatic rings. The molecule has 0 aromatic heterocycles. The lowest BCUT2D eigenvalue weighted by Crippen LogP contribution is -2.38. The highest BCUT2D eigenvalue weighted by molar-refractivity contribution is 5.81. The number of methoxy groups -OCH3 is 1. The second kappa shape index (κ2) is 7.79. The van der Waals surface area contributed by atoms with E-state index in [4.69, 9.17) is 10.5 Å². The highest BCUT2D eigenvalue weighted by Crippen LogP contribution is 2.23. The molecule has 0 spiro atoms. The minimum Gasteiger partial charge on any atom is -0.497 e. The summed E-state index contributed by atoms with van der Waals surface area (Å²) in [5, 5.41) is 0. The van der Waals surface area contributed by atoms with Gasteiger partial charge in [-0.2, -0.15) is 0 Å². The Bertz CT molecular complexity index is 384. The van der Waals surface area contributed by atoms with Crippen LogP contribution in [0.2, 0.25) is 0 Å². The van der Waals surface area contributed by atoms with Gasteiger partial charge in [-0.25, -0.2) is 0 Å². The van der Waals surface area contributed by atoms with Crippen molar-refractivity contribution in [1.82, 2.24) is 4.90 Å². The van der Waals surface area contributed by atoms with Gasteiger partial charge in [0.25, 0.3) is 0 Å². The molecule has 0 aliphatic carbocycles. The zero-order valence-corrected chi connectivity index (χ0v) is 12.1. The van der Waals surface area contributed by atoms with Gasteiger partial charge in [-0.15, -0.1) is 0 Å². The quantitative estimate of drug-likeness (QED) is 0.784. The highest BCUT2D eigenvalue weighted by atomic mass is 16.5. The predicted molar refractivity (Wildman–Crippen MR) is 77.1 cm³/mol. The van der Waals surface area contributed by atoms with E-state index in [0.29, 0.717) is 0 Å². The van der Waals surface area contributed by atoms with Gasteiger partial charge in [0, 0.05) is 0 Å². The summed E-state index contributed by atoms with van der Waals surface area (Å²) in [6.45, 7) is 5.95. The van der Waals surface area contributed by atoms with Gasteiger partial charge in [0.05, 0.1) is 7.11 Å². The summed E-state index contributed by atoms with van der Waals surface area (Å²) in [5.74, 6) is 0.483. The molecule has 0 bridgehead atoms. The van der Waals surface area contributed by atoms with E-state index >= 15 is 0 Å². The lowest BCUT2D eigenvalue weighted by atomic mass is 10.0. The summed E-state index contributed by atoms with van der Waals surface area (Å²) in [6, 6.07) is 7.19. The topological polar surface area (TPSA) is 55.6 Å². The molecule has 19 heavy (non-hydrogen) atoms. The third kappa shape index (κ3) is 4.24. The number of carbonyl (C=O) groups excluding carboxylic acids is 1. The number of nitrogens with two attached hydrogens (primary N) is 1. The molecule has 1 aromatic rings. The fraction of sp³-hybridized carbons (Fsp3) is 0.533. The maximum atomic E-state index is 11.8. The molecule has 0 radical (unpaired) electrons. The monoisotopic (exact) mass is 264 g/mol. The van der Waals surface area contributed by atoms with Crippen LogP contribution in [0.4, 0.5) is 0 Å². The number of hydrogen-bond acceptors (Lipinski definition) is 3. The summed E-state index contributed by atoms with van der Waals surface area (Å²) in [7, 11) is 1.63. The van der Waals surface area contributed by atoms with Crippen molar-refractivity contribution < 1.29 is 9.53 Å². The molecule has 1 rings (SSSR count). The predicted octanol–water partition coefficient (Wildman–Crippen LogP) is 2.34. The molecular formula is C15H24N2O2. The SMILES string of the molecule is CCCN(CCC)C(C(N)=O)c1ccc(OC)cc1. The van der Waals surface area contributed by atoms with E-state index in [0.717, 1.165) is 37.2 Å². The Morgan fingerprint density at radius 2 is 1.74 bits per heavy atom. The van der Waals surface area contributed by atoms with Crippen LogP contribution in [-0.4, -0.2) is 31.0 Å². The molecule has 1 amide bonds. The van der Waals surface area contributed by atoms with Crippen molar-refractivity contribution >= 4 is 5.91 Å². The Balaban J connectivity index is 2.99. The van der Waals surface area contributed by atoms with Crippen molar-refractivity contribution in [2.24, 2.45) is 5.73 Å². The third-order valence-electron chi connectivity index (χ3n) is 3.09. The molecular weight excluding hydrogens is 240 g/mol. The van der Waals surface area contributed by atoms with Crippen molar-refractivity contribution in [3.63, 3.8) is 0 Å². The molecule has 1 aromatic carbocycles. The molecule has 4 heteroatoms. The third-order valence-corrected chi connectivity index (χ3v) is 3.09. The normalized spacial score (nSPS) is 12.4. The highest BCUT2D eigenvalue weighted by Gasteiger charge is 2.24. The van der Waals surface area contributed by atoms with Crippen molar-refractivity contribution in [1.29, 1.82) is 0 Å². The number of ether oxygens (including phenoxy) is 1. The summed E-state index contributed by atoms with van der Waals surface area (Å²) in [6.07, 6.45) is 2.00. The number of benzene rings is 1. The largest absolute Gasteiger partial charge is 0.497 e. The number of hydrogen-bond donors (Lipinski definition) is 1. The maximum absolute atomic E-state index is 11.8. The lowest BCUT2D eigenvalue weighted by molar-refractivity contribution is -0.123. The summed E-state index contributed by atoms with van der Waals surface area (Å²) >= 11 is 0. The van der Waals surface area contributed by atoms with E-state index in [9.17, 15) is 4.79 Å². The van der Waals surface area contributed by atoms with Crippen LogP contribution >= 0.6 is 0 Å². The minimum absolute atomic E-state index is 0.299. The van der Waals surface area contributed by atoms with Gasteiger partial charge in [-0.1, -0.05) is 26.0 Å². The van der Waals surface area contributed by atoms with E-state index in [2.05, 4.69) is 18.7 Å². The van der Waals surface area contributed by atoms with Gasteiger partial charge < -0.3 is 10.5 Å². The molecule has 0 aliphatic heterocycles. The van der Waals surface area contributed by atoms with Gasteiger partial charge in [0.1, 0.15) is 11.8 Å². The average molecular weight is 264 g/mol. The van der Waals surface area contributed by atoms with E-state index in [-0.39, 0.29) is 11.9 Å². The number of nitrogens with zero attached hydrogens (tertiary/aromatic N) is 1. The van der Waals surface area contributed by atoms with Crippen LogP contribution < -0.4 is 10.5 Å². The maximum Gasteiger partial charge on any atom is 0.239 e. The second-order valence-corrected chi connectivity index (χ2v) is 4.61. The molecule has 0 saturated heterocycles. The lowest BCUT2D eigenvalue weighted by Gasteiger charge is -2.29. The van der Waals surface area contributed by atoms with E-state index in [1.54, 1.807) is 7.11 Å². The first kappa shape index (κ1) is 15.5. The zero-order chi connectivity index (χ0) is 14.3. The second-order valence-electron chi connectivity index (χ2n) is 4.61. The van der Waals surface area contributed by atoms with Crippen LogP contribution in [-0.2, 0) is 4.79 Å². The zero-order valence-electron chi connectivity index (χ0n) is 12.1. The summed E-state index contributed by atoms with van der Waals surface area (Å²) in [4.78, 5) is 13.9. The summed E-state index contributed by atoms with van der Waals surface area (Å²) in [5.41, 5.74) is 6.51. The Morgan fingerprint density at radius 3 is 2.11 bits per heavy atom. The van der Waals surface area contributed by atoms with E-state index in [1.807, 2.05) is 24.3 Å². The Kier molecular flexibility index (Phi) is 6.36. The molecule has 2 N–H and O–H groups in total. The van der Waals surface area contributed by atoms with Gasteiger partial charge in [-0.05, 0) is 43.6 Å². The van der Waals surface area contributed by atoms with Crippen molar-refractivity contribution in [3.8, 4) is 5.75 Å². The number of carbonyl (C=O) groups is 1. The minimum atomic E-state index is -0.356. The van der Waals surface area contributed by atoms with Crippen LogP contribution in [0.15, 0.2) is 24.3 Å². The van der Waals surface area contributed by atoms with Crippen LogP contribution in [0.25, 0.3) is 0 Å². The van der Waals surface area contributed by atoms with E-state index < -0.39 is 0 Å². The van der Waals surface area contributed by atoms with Crippen molar-refractivity contribution in [2.75, 3.05) is 20.2 Å². The standard InChI is InChI=1S/C15H24N2O2/c1-4-10-17(11-5-2)14(15(16)18)12-6-8-13(19-3)9-7-12/h6-9,14H,4-5,10-11H2,1-3H3,(H2,16,18). The van der Waals surface area contributed by atoms with Crippen molar-refractivity contribution in [2.45, 2.75) is 32.7 Å². The van der Waals surface area contributed by atoms with Crippen molar-refractivity contribution in [3.05, 3.63) is 29.8 Å². The number of amides is 1.